The third-order valence-corrected chi connectivity index (χ3v) is 4.52. The van der Waals surface area contributed by atoms with Crippen LogP contribution in [0.3, 0.4) is 0 Å². The molecule has 0 aliphatic carbocycles. The summed E-state index contributed by atoms with van der Waals surface area (Å²) in [6.45, 7) is 1.45. The second-order valence-electron chi connectivity index (χ2n) is 4.85. The van der Waals surface area contributed by atoms with Crippen LogP contribution >= 0.6 is 0 Å². The van der Waals surface area contributed by atoms with Crippen LogP contribution in [0.25, 0.3) is 0 Å². The summed E-state index contributed by atoms with van der Waals surface area (Å²) in [5.74, 6) is 0. The Balaban J connectivity index is 2.31. The van der Waals surface area contributed by atoms with E-state index in [9.17, 15) is 13.5 Å². The Hall–Kier alpha value is -1.89. The second kappa shape index (κ2) is 6.26. The predicted octanol–water partition coefficient (Wildman–Crippen LogP) is 1.59. The van der Waals surface area contributed by atoms with Crippen molar-refractivity contribution < 1.29 is 13.5 Å². The number of aliphatic hydroxyl groups is 1. The lowest BCUT2D eigenvalue weighted by Gasteiger charge is -2.17. The van der Waals surface area contributed by atoms with Gasteiger partial charge < -0.3 is 10.8 Å². The molecule has 0 fully saturated rings. The Bertz CT molecular complexity index is 695. The Kier molecular flexibility index (Phi) is 4.62. The zero-order valence-corrected chi connectivity index (χ0v) is 12.5. The van der Waals surface area contributed by atoms with E-state index in [1.165, 1.54) is 12.1 Å². The summed E-state index contributed by atoms with van der Waals surface area (Å²) >= 11 is 0. The number of rotatable bonds is 5. The molecular weight excluding hydrogens is 288 g/mol. The van der Waals surface area contributed by atoms with Gasteiger partial charge in [0, 0.05) is 5.69 Å². The molecule has 0 aliphatic heterocycles. The molecule has 0 amide bonds. The van der Waals surface area contributed by atoms with Crippen LogP contribution < -0.4 is 10.5 Å². The summed E-state index contributed by atoms with van der Waals surface area (Å²) in [6.07, 6.45) is 0. The van der Waals surface area contributed by atoms with E-state index in [1.54, 1.807) is 37.3 Å². The van der Waals surface area contributed by atoms with Gasteiger partial charge in [-0.05, 0) is 36.2 Å². The van der Waals surface area contributed by atoms with E-state index in [1.807, 2.05) is 6.07 Å². The van der Waals surface area contributed by atoms with E-state index >= 15 is 0 Å². The lowest BCUT2D eigenvalue weighted by molar-refractivity contribution is 0.259. The van der Waals surface area contributed by atoms with E-state index in [-0.39, 0.29) is 11.5 Å². The molecule has 112 valence electrons. The first kappa shape index (κ1) is 15.5. The number of sulfonamides is 1. The van der Waals surface area contributed by atoms with Crippen LogP contribution in [0.4, 0.5) is 5.69 Å². The van der Waals surface area contributed by atoms with Gasteiger partial charge in [-0.2, -0.15) is 0 Å². The SMILES string of the molecule is Cc1cc(N)cc(S(=O)(=O)NC(CO)c2ccccc2)c1. The summed E-state index contributed by atoms with van der Waals surface area (Å²) in [5.41, 5.74) is 7.53. The zero-order valence-electron chi connectivity index (χ0n) is 11.7. The predicted molar refractivity (Wildman–Crippen MR) is 82.2 cm³/mol. The van der Waals surface area contributed by atoms with Gasteiger partial charge in [0.25, 0.3) is 0 Å². The Morgan fingerprint density at radius 1 is 1.19 bits per heavy atom. The van der Waals surface area contributed by atoms with Crippen LogP contribution in [0.5, 0.6) is 0 Å². The van der Waals surface area contributed by atoms with E-state index in [4.69, 9.17) is 5.73 Å². The highest BCUT2D eigenvalue weighted by Crippen LogP contribution is 2.20. The zero-order chi connectivity index (χ0) is 15.5. The molecule has 6 heteroatoms. The van der Waals surface area contributed by atoms with Gasteiger partial charge in [0.05, 0.1) is 17.5 Å². The maximum atomic E-state index is 12.4. The number of nitrogen functional groups attached to an aromatic ring is 1. The minimum absolute atomic E-state index is 0.0920. The first-order valence-corrected chi connectivity index (χ1v) is 7.96. The van der Waals surface area contributed by atoms with Gasteiger partial charge in [-0.15, -0.1) is 0 Å². The summed E-state index contributed by atoms with van der Waals surface area (Å²) < 4.78 is 27.3. The fraction of sp³-hybridized carbons (Fsp3) is 0.200. The Morgan fingerprint density at radius 2 is 1.86 bits per heavy atom. The number of aliphatic hydroxyl groups excluding tert-OH is 1. The van der Waals surface area contributed by atoms with Crippen molar-refractivity contribution in [1.29, 1.82) is 0 Å². The molecule has 0 bridgehead atoms. The molecular formula is C15H18N2O3S. The van der Waals surface area contributed by atoms with Crippen molar-refractivity contribution in [1.82, 2.24) is 4.72 Å². The van der Waals surface area contributed by atoms with Crippen molar-refractivity contribution in [2.45, 2.75) is 17.9 Å². The molecule has 1 unspecified atom stereocenters. The normalized spacial score (nSPS) is 13.0. The first-order chi connectivity index (χ1) is 9.92. The number of anilines is 1. The van der Waals surface area contributed by atoms with Crippen LogP contribution in [-0.2, 0) is 10.0 Å². The topological polar surface area (TPSA) is 92.4 Å². The summed E-state index contributed by atoms with van der Waals surface area (Å²) in [6, 6.07) is 12.9. The van der Waals surface area contributed by atoms with E-state index < -0.39 is 16.1 Å². The lowest BCUT2D eigenvalue weighted by atomic mass is 10.1. The molecule has 5 nitrogen and oxygen atoms in total. The van der Waals surface area contributed by atoms with Gasteiger partial charge in [-0.1, -0.05) is 30.3 Å². The summed E-state index contributed by atoms with van der Waals surface area (Å²) in [5, 5.41) is 9.45. The van der Waals surface area contributed by atoms with E-state index in [2.05, 4.69) is 4.72 Å². The molecule has 2 aromatic rings. The lowest BCUT2D eigenvalue weighted by Crippen LogP contribution is -2.31. The quantitative estimate of drug-likeness (QED) is 0.731. The fourth-order valence-electron chi connectivity index (χ4n) is 2.08. The molecule has 2 aromatic carbocycles. The molecule has 0 saturated heterocycles. The highest BCUT2D eigenvalue weighted by molar-refractivity contribution is 7.89. The molecule has 0 heterocycles. The molecule has 21 heavy (non-hydrogen) atoms. The van der Waals surface area contributed by atoms with Crippen LogP contribution in [0.1, 0.15) is 17.2 Å². The number of hydrogen-bond donors (Lipinski definition) is 3. The van der Waals surface area contributed by atoms with Crippen molar-refractivity contribution in [3.05, 3.63) is 59.7 Å². The van der Waals surface area contributed by atoms with Crippen LogP contribution in [0.15, 0.2) is 53.4 Å². The average molecular weight is 306 g/mol. The highest BCUT2D eigenvalue weighted by Gasteiger charge is 2.21. The molecule has 2 rings (SSSR count). The maximum absolute atomic E-state index is 12.4. The van der Waals surface area contributed by atoms with Gasteiger partial charge in [-0.25, -0.2) is 13.1 Å². The summed E-state index contributed by atoms with van der Waals surface area (Å²) in [4.78, 5) is 0.0920. The van der Waals surface area contributed by atoms with Gasteiger partial charge in [0.1, 0.15) is 0 Å². The molecule has 0 spiro atoms. The minimum atomic E-state index is -3.75. The standard InChI is InChI=1S/C15H18N2O3S/c1-11-7-13(16)9-14(8-11)21(19,20)17-15(10-18)12-5-3-2-4-6-12/h2-9,15,17-18H,10,16H2,1H3. The number of hydrogen-bond acceptors (Lipinski definition) is 4. The van der Waals surface area contributed by atoms with Gasteiger partial charge in [-0.3, -0.25) is 0 Å². The molecule has 4 N–H and O–H groups in total. The molecule has 0 radical (unpaired) electrons. The van der Waals surface area contributed by atoms with Gasteiger partial charge in [0.15, 0.2) is 0 Å². The smallest absolute Gasteiger partial charge is 0.241 e. The van der Waals surface area contributed by atoms with Crippen molar-refractivity contribution in [3.8, 4) is 0 Å². The second-order valence-corrected chi connectivity index (χ2v) is 6.56. The van der Waals surface area contributed by atoms with Gasteiger partial charge in [0.2, 0.25) is 10.0 Å². The third kappa shape index (κ3) is 3.81. The van der Waals surface area contributed by atoms with Crippen LogP contribution in [0.2, 0.25) is 0 Å². The Morgan fingerprint density at radius 3 is 2.43 bits per heavy atom. The van der Waals surface area contributed by atoms with Crippen molar-refractivity contribution in [2.24, 2.45) is 0 Å². The largest absolute Gasteiger partial charge is 0.399 e. The molecule has 0 saturated carbocycles. The average Bonchev–Trinajstić information content (AvgIpc) is 2.45. The Labute approximate surface area is 124 Å². The number of benzene rings is 2. The minimum Gasteiger partial charge on any atom is -0.399 e. The van der Waals surface area contributed by atoms with Crippen LogP contribution in [0, 0.1) is 6.92 Å². The molecule has 0 aliphatic rings. The number of aryl methyl sites for hydroxylation is 1. The highest BCUT2D eigenvalue weighted by atomic mass is 32.2. The van der Waals surface area contributed by atoms with Crippen molar-refractivity contribution >= 4 is 15.7 Å². The fourth-order valence-corrected chi connectivity index (χ4v) is 3.44. The monoisotopic (exact) mass is 306 g/mol. The maximum Gasteiger partial charge on any atom is 0.241 e. The molecule has 1 atom stereocenters. The number of nitrogens with one attached hydrogen (secondary N) is 1. The van der Waals surface area contributed by atoms with Gasteiger partial charge >= 0.3 is 0 Å². The van der Waals surface area contributed by atoms with E-state index in [0.29, 0.717) is 11.3 Å². The number of nitrogens with two attached hydrogens (primary N) is 1. The van der Waals surface area contributed by atoms with Crippen LogP contribution in [-0.4, -0.2) is 20.1 Å². The van der Waals surface area contributed by atoms with Crippen molar-refractivity contribution in [3.63, 3.8) is 0 Å². The van der Waals surface area contributed by atoms with Crippen molar-refractivity contribution in [2.75, 3.05) is 12.3 Å². The molecule has 0 aromatic heterocycles. The third-order valence-electron chi connectivity index (χ3n) is 3.07. The first-order valence-electron chi connectivity index (χ1n) is 6.47. The van der Waals surface area contributed by atoms with E-state index in [0.717, 1.165) is 5.56 Å². The summed E-state index contributed by atoms with van der Waals surface area (Å²) in [7, 11) is -3.75.